The molecule has 0 aliphatic heterocycles. The number of ether oxygens (including phenoxy) is 1. The van der Waals surface area contributed by atoms with Crippen LogP contribution in [0.3, 0.4) is 0 Å². The summed E-state index contributed by atoms with van der Waals surface area (Å²) in [5, 5.41) is 3.51. The van der Waals surface area contributed by atoms with Crippen molar-refractivity contribution in [2.75, 3.05) is 12.8 Å². The van der Waals surface area contributed by atoms with Gasteiger partial charge in [0.05, 0.1) is 12.7 Å². The van der Waals surface area contributed by atoms with Crippen LogP contribution in [0.1, 0.15) is 0 Å². The third kappa shape index (κ3) is 1.76. The van der Waals surface area contributed by atoms with Crippen LogP contribution in [0.25, 0.3) is 11.3 Å². The highest BCUT2D eigenvalue weighted by Crippen LogP contribution is 2.36. The number of hydrogen-bond donors (Lipinski definition) is 1. The highest BCUT2D eigenvalue weighted by molar-refractivity contribution is 9.10. The van der Waals surface area contributed by atoms with E-state index in [9.17, 15) is 4.39 Å². The summed E-state index contributed by atoms with van der Waals surface area (Å²) < 4.78 is 24.3. The maximum absolute atomic E-state index is 13.9. The van der Waals surface area contributed by atoms with Crippen LogP contribution in [0.5, 0.6) is 5.75 Å². The van der Waals surface area contributed by atoms with Gasteiger partial charge in [-0.25, -0.2) is 4.39 Å². The minimum absolute atomic E-state index is 0.133. The third-order valence-corrected chi connectivity index (χ3v) is 2.71. The zero-order valence-corrected chi connectivity index (χ0v) is 9.92. The molecule has 2 N–H and O–H groups in total. The van der Waals surface area contributed by atoms with Gasteiger partial charge in [-0.3, -0.25) is 0 Å². The van der Waals surface area contributed by atoms with Crippen molar-refractivity contribution in [2.24, 2.45) is 0 Å². The summed E-state index contributed by atoms with van der Waals surface area (Å²) in [6.45, 7) is 0. The lowest BCUT2D eigenvalue weighted by atomic mass is 10.1. The van der Waals surface area contributed by atoms with Gasteiger partial charge < -0.3 is 15.0 Å². The monoisotopic (exact) mass is 286 g/mol. The Bertz CT molecular complexity index is 528. The van der Waals surface area contributed by atoms with E-state index in [2.05, 4.69) is 21.1 Å². The van der Waals surface area contributed by atoms with Crippen LogP contribution in [-0.4, -0.2) is 12.3 Å². The highest BCUT2D eigenvalue weighted by atomic mass is 79.9. The molecule has 1 aromatic carbocycles. The number of nitrogen functional groups attached to an aromatic ring is 1. The van der Waals surface area contributed by atoms with Crippen molar-refractivity contribution in [3.63, 3.8) is 0 Å². The fourth-order valence-electron chi connectivity index (χ4n) is 1.32. The Morgan fingerprint density at radius 3 is 2.81 bits per heavy atom. The molecule has 6 heteroatoms. The Morgan fingerprint density at radius 1 is 1.50 bits per heavy atom. The number of nitrogens with two attached hydrogens (primary N) is 1. The predicted octanol–water partition coefficient (Wildman–Crippen LogP) is 2.83. The number of anilines is 1. The summed E-state index contributed by atoms with van der Waals surface area (Å²) in [6, 6.07) is 4.63. The molecule has 1 aromatic heterocycles. The normalized spacial score (nSPS) is 10.4. The Kier molecular flexibility index (Phi) is 2.82. The van der Waals surface area contributed by atoms with E-state index in [0.29, 0.717) is 4.47 Å². The molecule has 0 bridgehead atoms. The van der Waals surface area contributed by atoms with Crippen molar-refractivity contribution >= 4 is 21.7 Å². The van der Waals surface area contributed by atoms with Gasteiger partial charge in [-0.15, -0.1) is 0 Å². The number of halogens is 2. The lowest BCUT2D eigenvalue weighted by Gasteiger charge is -2.06. The van der Waals surface area contributed by atoms with E-state index in [1.165, 1.54) is 19.2 Å². The van der Waals surface area contributed by atoms with Crippen LogP contribution in [0, 0.1) is 5.82 Å². The summed E-state index contributed by atoms with van der Waals surface area (Å²) >= 11 is 3.23. The first-order valence-corrected chi connectivity index (χ1v) is 5.17. The van der Waals surface area contributed by atoms with Crippen molar-refractivity contribution in [1.29, 1.82) is 0 Å². The molecule has 16 heavy (non-hydrogen) atoms. The summed E-state index contributed by atoms with van der Waals surface area (Å²) in [6.07, 6.45) is 0. The van der Waals surface area contributed by atoms with Crippen molar-refractivity contribution in [3.8, 4) is 17.1 Å². The first kappa shape index (κ1) is 10.9. The molecule has 4 nitrogen and oxygen atoms in total. The second kappa shape index (κ2) is 4.13. The van der Waals surface area contributed by atoms with Gasteiger partial charge in [-0.1, -0.05) is 5.16 Å². The van der Waals surface area contributed by atoms with Gasteiger partial charge in [-0.2, -0.15) is 0 Å². The summed E-state index contributed by atoms with van der Waals surface area (Å²) in [5.41, 5.74) is 5.65. The zero-order valence-electron chi connectivity index (χ0n) is 8.33. The van der Waals surface area contributed by atoms with E-state index in [-0.39, 0.29) is 22.9 Å². The van der Waals surface area contributed by atoms with Gasteiger partial charge in [0.2, 0.25) is 0 Å². The van der Waals surface area contributed by atoms with E-state index in [0.717, 1.165) is 0 Å². The summed E-state index contributed by atoms with van der Waals surface area (Å²) in [5.74, 6) is 0.0612. The van der Waals surface area contributed by atoms with Crippen LogP contribution >= 0.6 is 15.9 Å². The largest absolute Gasteiger partial charge is 0.494 e. The van der Waals surface area contributed by atoms with Gasteiger partial charge in [0, 0.05) is 10.5 Å². The predicted molar refractivity (Wildman–Crippen MR) is 60.6 cm³/mol. The van der Waals surface area contributed by atoms with E-state index in [1.807, 2.05) is 0 Å². The average Bonchev–Trinajstić information content (AvgIpc) is 2.65. The zero-order chi connectivity index (χ0) is 11.7. The van der Waals surface area contributed by atoms with Gasteiger partial charge >= 0.3 is 0 Å². The average molecular weight is 287 g/mol. The SMILES string of the molecule is COc1ccc(Br)c(-c2cc(N)no2)c1F. The molecule has 84 valence electrons. The maximum atomic E-state index is 13.9. The topological polar surface area (TPSA) is 61.3 Å². The van der Waals surface area contributed by atoms with Crippen LogP contribution in [0.15, 0.2) is 27.2 Å². The molecule has 2 rings (SSSR count). The maximum Gasteiger partial charge on any atom is 0.177 e. The Balaban J connectivity index is 2.63. The number of rotatable bonds is 2. The Morgan fingerprint density at radius 2 is 2.25 bits per heavy atom. The van der Waals surface area contributed by atoms with Crippen molar-refractivity contribution in [2.45, 2.75) is 0 Å². The first-order valence-electron chi connectivity index (χ1n) is 4.38. The summed E-state index contributed by atoms with van der Waals surface area (Å²) in [4.78, 5) is 0. The molecule has 0 amide bonds. The molecule has 1 heterocycles. The number of methoxy groups -OCH3 is 1. The standard InChI is InChI=1S/C10H8BrFN2O2/c1-15-6-3-2-5(11)9(10(6)12)7-4-8(13)14-16-7/h2-4H,1H3,(H2,13,14). The van der Waals surface area contributed by atoms with Crippen molar-refractivity contribution < 1.29 is 13.7 Å². The fourth-order valence-corrected chi connectivity index (χ4v) is 1.83. The molecule has 0 aliphatic rings. The molecule has 0 radical (unpaired) electrons. The number of nitrogens with zero attached hydrogens (tertiary/aromatic N) is 1. The molecule has 0 unspecified atom stereocenters. The van der Waals surface area contributed by atoms with Crippen LogP contribution in [0.4, 0.5) is 10.2 Å². The minimum atomic E-state index is -0.520. The van der Waals surface area contributed by atoms with Crippen molar-refractivity contribution in [1.82, 2.24) is 5.16 Å². The number of hydrogen-bond acceptors (Lipinski definition) is 4. The molecular weight excluding hydrogens is 279 g/mol. The fraction of sp³-hybridized carbons (Fsp3) is 0.100. The smallest absolute Gasteiger partial charge is 0.177 e. The van der Waals surface area contributed by atoms with Gasteiger partial charge in [0.25, 0.3) is 0 Å². The molecule has 2 aromatic rings. The Labute approximate surface area is 99.3 Å². The molecule has 0 atom stereocenters. The molecular formula is C10H8BrFN2O2. The molecule has 0 aliphatic carbocycles. The minimum Gasteiger partial charge on any atom is -0.494 e. The molecule has 0 fully saturated rings. The highest BCUT2D eigenvalue weighted by Gasteiger charge is 2.18. The molecule has 0 spiro atoms. The van der Waals surface area contributed by atoms with E-state index < -0.39 is 5.82 Å². The first-order chi connectivity index (χ1) is 7.63. The van der Waals surface area contributed by atoms with E-state index >= 15 is 0 Å². The van der Waals surface area contributed by atoms with Gasteiger partial charge in [0.1, 0.15) is 0 Å². The van der Waals surface area contributed by atoms with E-state index in [4.69, 9.17) is 15.0 Å². The third-order valence-electron chi connectivity index (χ3n) is 2.05. The van der Waals surface area contributed by atoms with Crippen LogP contribution in [0.2, 0.25) is 0 Å². The van der Waals surface area contributed by atoms with Crippen LogP contribution in [-0.2, 0) is 0 Å². The molecule has 0 saturated carbocycles. The number of aromatic nitrogens is 1. The molecule has 0 saturated heterocycles. The summed E-state index contributed by atoms with van der Waals surface area (Å²) in [7, 11) is 1.39. The van der Waals surface area contributed by atoms with Gasteiger partial charge in [-0.05, 0) is 28.1 Å². The lowest BCUT2D eigenvalue weighted by molar-refractivity contribution is 0.384. The van der Waals surface area contributed by atoms with Gasteiger partial charge in [0.15, 0.2) is 23.1 Å². The van der Waals surface area contributed by atoms with E-state index in [1.54, 1.807) is 6.07 Å². The lowest BCUT2D eigenvalue weighted by Crippen LogP contribution is -1.91. The van der Waals surface area contributed by atoms with Crippen LogP contribution < -0.4 is 10.5 Å². The second-order valence-electron chi connectivity index (χ2n) is 3.05. The quantitative estimate of drug-likeness (QED) is 0.922. The number of benzene rings is 1. The Hall–Kier alpha value is -1.56. The van der Waals surface area contributed by atoms with Crippen molar-refractivity contribution in [3.05, 3.63) is 28.5 Å². The second-order valence-corrected chi connectivity index (χ2v) is 3.91.